The number of hydrogen-bond donors (Lipinski definition) is 1. The summed E-state index contributed by atoms with van der Waals surface area (Å²) in [6.07, 6.45) is 1.67. The summed E-state index contributed by atoms with van der Waals surface area (Å²) in [5.74, 6) is 1.74. The van der Waals surface area contributed by atoms with E-state index in [4.69, 9.17) is 4.42 Å². The lowest BCUT2D eigenvalue weighted by molar-refractivity contribution is 0.492. The van der Waals surface area contributed by atoms with Gasteiger partial charge in [0.05, 0.1) is 19.4 Å². The highest BCUT2D eigenvalue weighted by Gasteiger charge is 2.02. The number of halogens is 1. The smallest absolute Gasteiger partial charge is 0.194 e. The molecule has 0 unspecified atom stereocenters. The van der Waals surface area contributed by atoms with E-state index in [0.717, 1.165) is 11.7 Å². The molecule has 2 aromatic rings. The van der Waals surface area contributed by atoms with E-state index >= 15 is 0 Å². The number of rotatable bonds is 4. The summed E-state index contributed by atoms with van der Waals surface area (Å²) in [5.41, 5.74) is 1.20. The third-order valence-electron chi connectivity index (χ3n) is 2.68. The molecule has 0 saturated carbocycles. The van der Waals surface area contributed by atoms with Gasteiger partial charge in [-0.1, -0.05) is 30.3 Å². The van der Waals surface area contributed by atoms with Gasteiger partial charge in [-0.05, 0) is 17.7 Å². The zero-order chi connectivity index (χ0) is 13.5. The molecule has 1 heterocycles. The molecule has 0 radical (unpaired) electrons. The molecule has 2 rings (SSSR count). The summed E-state index contributed by atoms with van der Waals surface area (Å²) < 4.78 is 5.29. The van der Waals surface area contributed by atoms with Crippen LogP contribution in [0, 0.1) is 0 Å². The molecular formula is C15H20IN3O. The Bertz CT molecular complexity index is 509. The minimum absolute atomic E-state index is 0. The van der Waals surface area contributed by atoms with Crippen molar-refractivity contribution in [3.63, 3.8) is 0 Å². The SMILES string of the molecule is CN(C)C(=NCc1ccccc1)NCc1ccco1.I. The highest BCUT2D eigenvalue weighted by molar-refractivity contribution is 14.0. The second-order valence-electron chi connectivity index (χ2n) is 4.45. The predicted octanol–water partition coefficient (Wildman–Crippen LogP) is 3.11. The topological polar surface area (TPSA) is 40.8 Å². The van der Waals surface area contributed by atoms with Crippen LogP contribution in [0.2, 0.25) is 0 Å². The molecule has 20 heavy (non-hydrogen) atoms. The zero-order valence-electron chi connectivity index (χ0n) is 11.7. The molecule has 0 spiro atoms. The van der Waals surface area contributed by atoms with Crippen molar-refractivity contribution >= 4 is 29.9 Å². The van der Waals surface area contributed by atoms with E-state index in [9.17, 15) is 0 Å². The fraction of sp³-hybridized carbons (Fsp3) is 0.267. The summed E-state index contributed by atoms with van der Waals surface area (Å²) in [7, 11) is 3.94. The lowest BCUT2D eigenvalue weighted by Crippen LogP contribution is -2.35. The molecule has 4 nitrogen and oxygen atoms in total. The quantitative estimate of drug-likeness (QED) is 0.500. The number of furan rings is 1. The maximum atomic E-state index is 5.29. The first-order valence-corrected chi connectivity index (χ1v) is 6.27. The molecule has 0 saturated heterocycles. The van der Waals surface area contributed by atoms with Gasteiger partial charge in [0.15, 0.2) is 5.96 Å². The van der Waals surface area contributed by atoms with Gasteiger partial charge in [-0.15, -0.1) is 24.0 Å². The molecule has 0 aliphatic carbocycles. The molecule has 1 aromatic carbocycles. The lowest BCUT2D eigenvalue weighted by Gasteiger charge is -2.17. The molecule has 0 fully saturated rings. The Hall–Kier alpha value is -1.50. The van der Waals surface area contributed by atoms with E-state index in [1.54, 1.807) is 6.26 Å². The fourth-order valence-corrected chi connectivity index (χ4v) is 1.68. The van der Waals surface area contributed by atoms with Crippen molar-refractivity contribution in [1.29, 1.82) is 0 Å². The van der Waals surface area contributed by atoms with Crippen molar-refractivity contribution in [2.24, 2.45) is 4.99 Å². The Kier molecular flexibility index (Phi) is 7.14. The van der Waals surface area contributed by atoms with Crippen LogP contribution in [0.5, 0.6) is 0 Å². The summed E-state index contributed by atoms with van der Waals surface area (Å²) >= 11 is 0. The van der Waals surface area contributed by atoms with Gasteiger partial charge < -0.3 is 14.6 Å². The molecule has 0 aliphatic heterocycles. The van der Waals surface area contributed by atoms with E-state index in [2.05, 4.69) is 22.4 Å². The standard InChI is InChI=1S/C15H19N3O.HI/c1-18(2)15(17-12-14-9-6-10-19-14)16-11-13-7-4-3-5-8-13;/h3-10H,11-12H2,1-2H3,(H,16,17);1H. The Labute approximate surface area is 136 Å². The minimum Gasteiger partial charge on any atom is -0.467 e. The van der Waals surface area contributed by atoms with Gasteiger partial charge in [-0.2, -0.15) is 0 Å². The second-order valence-corrected chi connectivity index (χ2v) is 4.45. The van der Waals surface area contributed by atoms with Crippen molar-refractivity contribution in [3.8, 4) is 0 Å². The monoisotopic (exact) mass is 385 g/mol. The molecule has 1 N–H and O–H groups in total. The van der Waals surface area contributed by atoms with Gasteiger partial charge in [-0.25, -0.2) is 4.99 Å². The van der Waals surface area contributed by atoms with Crippen LogP contribution in [0.1, 0.15) is 11.3 Å². The Balaban J connectivity index is 0.00000200. The van der Waals surface area contributed by atoms with Gasteiger partial charge in [0.1, 0.15) is 5.76 Å². The maximum Gasteiger partial charge on any atom is 0.194 e. The molecule has 108 valence electrons. The second kappa shape index (κ2) is 8.63. The lowest BCUT2D eigenvalue weighted by atomic mass is 10.2. The average Bonchev–Trinajstić information content (AvgIpc) is 2.92. The number of nitrogens with zero attached hydrogens (tertiary/aromatic N) is 2. The number of nitrogens with one attached hydrogen (secondary N) is 1. The highest BCUT2D eigenvalue weighted by atomic mass is 127. The number of guanidine groups is 1. The summed E-state index contributed by atoms with van der Waals surface area (Å²) in [5, 5.41) is 3.27. The van der Waals surface area contributed by atoms with Crippen LogP contribution >= 0.6 is 24.0 Å². The number of aliphatic imine (C=N–C) groups is 1. The average molecular weight is 385 g/mol. The van der Waals surface area contributed by atoms with E-state index in [0.29, 0.717) is 13.1 Å². The van der Waals surface area contributed by atoms with Crippen LogP contribution < -0.4 is 5.32 Å². The summed E-state index contributed by atoms with van der Waals surface area (Å²) in [6, 6.07) is 14.0. The van der Waals surface area contributed by atoms with Gasteiger partial charge in [0, 0.05) is 14.1 Å². The van der Waals surface area contributed by atoms with E-state index in [1.807, 2.05) is 49.3 Å². The first kappa shape index (κ1) is 16.6. The summed E-state index contributed by atoms with van der Waals surface area (Å²) in [6.45, 7) is 1.30. The van der Waals surface area contributed by atoms with Crippen LogP contribution in [-0.4, -0.2) is 25.0 Å². The number of hydrogen-bond acceptors (Lipinski definition) is 2. The predicted molar refractivity (Wildman–Crippen MR) is 92.2 cm³/mol. The van der Waals surface area contributed by atoms with Crippen molar-refractivity contribution in [2.45, 2.75) is 13.1 Å². The highest BCUT2D eigenvalue weighted by Crippen LogP contribution is 2.02. The first-order chi connectivity index (χ1) is 9.25. The maximum absolute atomic E-state index is 5.29. The van der Waals surface area contributed by atoms with Crippen LogP contribution in [0.4, 0.5) is 0 Å². The third kappa shape index (κ3) is 5.24. The zero-order valence-corrected chi connectivity index (χ0v) is 14.1. The normalized spacial score (nSPS) is 10.8. The van der Waals surface area contributed by atoms with Gasteiger partial charge in [-0.3, -0.25) is 0 Å². The van der Waals surface area contributed by atoms with Gasteiger partial charge in [0.2, 0.25) is 0 Å². The van der Waals surface area contributed by atoms with Crippen LogP contribution in [0.3, 0.4) is 0 Å². The minimum atomic E-state index is 0. The van der Waals surface area contributed by atoms with Crippen molar-refractivity contribution < 1.29 is 4.42 Å². The molecule has 0 aliphatic rings. The van der Waals surface area contributed by atoms with E-state index in [-0.39, 0.29) is 24.0 Å². The van der Waals surface area contributed by atoms with Gasteiger partial charge >= 0.3 is 0 Å². The summed E-state index contributed by atoms with van der Waals surface area (Å²) in [4.78, 5) is 6.55. The van der Waals surface area contributed by atoms with Crippen molar-refractivity contribution in [3.05, 3.63) is 60.1 Å². The molecule has 0 atom stereocenters. The van der Waals surface area contributed by atoms with Crippen molar-refractivity contribution in [2.75, 3.05) is 14.1 Å². The third-order valence-corrected chi connectivity index (χ3v) is 2.68. The van der Waals surface area contributed by atoms with Crippen LogP contribution in [-0.2, 0) is 13.1 Å². The molecule has 1 aromatic heterocycles. The first-order valence-electron chi connectivity index (χ1n) is 6.27. The molecule has 5 heteroatoms. The fourth-order valence-electron chi connectivity index (χ4n) is 1.68. The Morgan fingerprint density at radius 1 is 1.15 bits per heavy atom. The van der Waals surface area contributed by atoms with Crippen LogP contribution in [0.25, 0.3) is 0 Å². The van der Waals surface area contributed by atoms with E-state index in [1.165, 1.54) is 5.56 Å². The molecule has 0 bridgehead atoms. The molecular weight excluding hydrogens is 365 g/mol. The van der Waals surface area contributed by atoms with E-state index < -0.39 is 0 Å². The van der Waals surface area contributed by atoms with Crippen LogP contribution in [0.15, 0.2) is 58.1 Å². The number of benzene rings is 1. The van der Waals surface area contributed by atoms with Crippen molar-refractivity contribution in [1.82, 2.24) is 10.2 Å². The largest absolute Gasteiger partial charge is 0.467 e. The van der Waals surface area contributed by atoms with Gasteiger partial charge in [0.25, 0.3) is 0 Å². The Morgan fingerprint density at radius 3 is 2.50 bits per heavy atom. The Morgan fingerprint density at radius 2 is 1.90 bits per heavy atom. The molecule has 0 amide bonds.